The van der Waals surface area contributed by atoms with Gasteiger partial charge in [0.25, 0.3) is 0 Å². The van der Waals surface area contributed by atoms with Crippen LogP contribution in [0.15, 0.2) is 23.2 Å². The standard InChI is InChI=1S/C11H13BrN6O/c1-7(19)10-5-18(16-15-10)8-3-17(4-8)11-9(12)2-13-6-14-11/h2,5-8,19H,3-4H2,1H3. The molecule has 2 aromatic heterocycles. The first kappa shape index (κ1) is 12.5. The zero-order chi connectivity index (χ0) is 13.4. The van der Waals surface area contributed by atoms with Gasteiger partial charge >= 0.3 is 0 Å². The lowest BCUT2D eigenvalue weighted by Gasteiger charge is -2.39. The van der Waals surface area contributed by atoms with Crippen molar-refractivity contribution in [2.45, 2.75) is 19.1 Å². The zero-order valence-corrected chi connectivity index (χ0v) is 11.9. The van der Waals surface area contributed by atoms with Crippen molar-refractivity contribution >= 4 is 21.7 Å². The van der Waals surface area contributed by atoms with Gasteiger partial charge in [0.05, 0.1) is 22.8 Å². The molecule has 2 aromatic rings. The summed E-state index contributed by atoms with van der Waals surface area (Å²) < 4.78 is 2.69. The number of anilines is 1. The van der Waals surface area contributed by atoms with E-state index < -0.39 is 6.10 Å². The molecule has 0 radical (unpaired) electrons. The van der Waals surface area contributed by atoms with Gasteiger partial charge in [-0.3, -0.25) is 0 Å². The Hall–Kier alpha value is -1.54. The highest BCUT2D eigenvalue weighted by molar-refractivity contribution is 9.10. The molecule has 1 aliphatic rings. The van der Waals surface area contributed by atoms with E-state index in [2.05, 4.69) is 41.1 Å². The van der Waals surface area contributed by atoms with Crippen molar-refractivity contribution in [3.63, 3.8) is 0 Å². The van der Waals surface area contributed by atoms with Crippen molar-refractivity contribution in [2.75, 3.05) is 18.0 Å². The molecule has 100 valence electrons. The molecule has 1 fully saturated rings. The average molecular weight is 325 g/mol. The molecule has 3 rings (SSSR count). The van der Waals surface area contributed by atoms with E-state index in [1.165, 1.54) is 6.33 Å². The quantitative estimate of drug-likeness (QED) is 0.905. The van der Waals surface area contributed by atoms with Crippen molar-refractivity contribution in [3.05, 3.63) is 28.9 Å². The predicted octanol–water partition coefficient (Wildman–Crippen LogP) is 0.945. The van der Waals surface area contributed by atoms with Gasteiger partial charge in [-0.1, -0.05) is 5.21 Å². The Bertz CT molecular complexity index is 580. The molecule has 0 amide bonds. The summed E-state index contributed by atoms with van der Waals surface area (Å²) in [6.45, 7) is 3.32. The minimum Gasteiger partial charge on any atom is -0.387 e. The first-order valence-corrected chi connectivity index (χ1v) is 6.74. The lowest BCUT2D eigenvalue weighted by atomic mass is 10.1. The molecule has 1 atom stereocenters. The molecule has 0 bridgehead atoms. The van der Waals surface area contributed by atoms with Gasteiger partial charge in [-0.25, -0.2) is 14.6 Å². The number of aromatic nitrogens is 5. The summed E-state index contributed by atoms with van der Waals surface area (Å²) in [5.41, 5.74) is 0.599. The van der Waals surface area contributed by atoms with Crippen molar-refractivity contribution in [2.24, 2.45) is 0 Å². The van der Waals surface area contributed by atoms with E-state index in [0.717, 1.165) is 23.4 Å². The molecular weight excluding hydrogens is 312 g/mol. The molecule has 19 heavy (non-hydrogen) atoms. The Morgan fingerprint density at radius 3 is 2.89 bits per heavy atom. The fraction of sp³-hybridized carbons (Fsp3) is 0.455. The van der Waals surface area contributed by atoms with Crippen LogP contribution >= 0.6 is 15.9 Å². The molecule has 0 spiro atoms. The van der Waals surface area contributed by atoms with Crippen LogP contribution in [0.1, 0.15) is 24.8 Å². The van der Waals surface area contributed by atoms with Crippen LogP contribution < -0.4 is 4.90 Å². The summed E-state index contributed by atoms with van der Waals surface area (Å²) in [6, 6.07) is 0.266. The van der Waals surface area contributed by atoms with E-state index in [1.54, 1.807) is 24.0 Å². The lowest BCUT2D eigenvalue weighted by Crippen LogP contribution is -2.48. The van der Waals surface area contributed by atoms with E-state index in [1.807, 2.05) is 0 Å². The zero-order valence-electron chi connectivity index (χ0n) is 10.3. The molecule has 0 saturated carbocycles. The first-order valence-electron chi connectivity index (χ1n) is 5.95. The summed E-state index contributed by atoms with van der Waals surface area (Å²) in [5.74, 6) is 0.891. The van der Waals surface area contributed by atoms with Crippen LogP contribution in [0.25, 0.3) is 0 Å². The number of hydrogen-bond acceptors (Lipinski definition) is 6. The Kier molecular flexibility index (Phi) is 3.19. The van der Waals surface area contributed by atoms with Crippen LogP contribution in [0, 0.1) is 0 Å². The number of rotatable bonds is 3. The molecule has 0 aromatic carbocycles. The minimum atomic E-state index is -0.582. The normalized spacial score (nSPS) is 17.3. The summed E-state index contributed by atoms with van der Waals surface area (Å²) in [7, 11) is 0. The molecule has 3 heterocycles. The van der Waals surface area contributed by atoms with Crippen LogP contribution in [-0.4, -0.2) is 43.2 Å². The summed E-state index contributed by atoms with van der Waals surface area (Å²) >= 11 is 3.44. The number of hydrogen-bond donors (Lipinski definition) is 1. The second kappa shape index (κ2) is 4.86. The van der Waals surface area contributed by atoms with Crippen LogP contribution in [0.2, 0.25) is 0 Å². The molecule has 1 N–H and O–H groups in total. The number of nitrogens with zero attached hydrogens (tertiary/aromatic N) is 6. The monoisotopic (exact) mass is 324 g/mol. The summed E-state index contributed by atoms with van der Waals surface area (Å²) in [6.07, 6.45) is 4.48. The maximum absolute atomic E-state index is 9.43. The van der Waals surface area contributed by atoms with Gasteiger partial charge in [-0.15, -0.1) is 5.10 Å². The Morgan fingerprint density at radius 2 is 2.26 bits per heavy atom. The number of aliphatic hydroxyl groups is 1. The maximum Gasteiger partial charge on any atom is 0.146 e. The predicted molar refractivity (Wildman–Crippen MR) is 71.6 cm³/mol. The molecule has 1 saturated heterocycles. The molecule has 1 unspecified atom stereocenters. The Balaban J connectivity index is 1.68. The summed E-state index contributed by atoms with van der Waals surface area (Å²) in [4.78, 5) is 10.3. The summed E-state index contributed by atoms with van der Waals surface area (Å²) in [5, 5.41) is 17.4. The van der Waals surface area contributed by atoms with Crippen LogP contribution in [-0.2, 0) is 0 Å². The minimum absolute atomic E-state index is 0.266. The van der Waals surface area contributed by atoms with Gasteiger partial charge in [-0.2, -0.15) is 0 Å². The van der Waals surface area contributed by atoms with Gasteiger partial charge in [0.15, 0.2) is 0 Å². The number of halogens is 1. The van der Waals surface area contributed by atoms with E-state index in [4.69, 9.17) is 0 Å². The van der Waals surface area contributed by atoms with Gasteiger partial charge in [0.1, 0.15) is 17.8 Å². The highest BCUT2D eigenvalue weighted by Crippen LogP contribution is 2.30. The molecule has 8 heteroatoms. The van der Waals surface area contributed by atoms with Gasteiger partial charge in [0.2, 0.25) is 0 Å². The Labute approximate surface area is 118 Å². The molecule has 7 nitrogen and oxygen atoms in total. The Morgan fingerprint density at radius 1 is 1.47 bits per heavy atom. The van der Waals surface area contributed by atoms with Crippen molar-refractivity contribution < 1.29 is 5.11 Å². The van der Waals surface area contributed by atoms with Crippen molar-refractivity contribution in [1.82, 2.24) is 25.0 Å². The van der Waals surface area contributed by atoms with Crippen LogP contribution in [0.5, 0.6) is 0 Å². The largest absolute Gasteiger partial charge is 0.387 e. The van der Waals surface area contributed by atoms with E-state index >= 15 is 0 Å². The van der Waals surface area contributed by atoms with Crippen LogP contribution in [0.4, 0.5) is 5.82 Å². The maximum atomic E-state index is 9.43. The topological polar surface area (TPSA) is 80.0 Å². The first-order chi connectivity index (χ1) is 9.15. The van der Waals surface area contributed by atoms with Crippen molar-refractivity contribution in [3.8, 4) is 0 Å². The fourth-order valence-electron chi connectivity index (χ4n) is 1.99. The third-order valence-electron chi connectivity index (χ3n) is 3.14. The van der Waals surface area contributed by atoms with E-state index in [9.17, 15) is 5.11 Å². The van der Waals surface area contributed by atoms with E-state index in [-0.39, 0.29) is 6.04 Å². The molecule has 0 aliphatic carbocycles. The second-order valence-electron chi connectivity index (χ2n) is 4.55. The fourth-order valence-corrected chi connectivity index (χ4v) is 2.47. The van der Waals surface area contributed by atoms with Gasteiger partial charge in [-0.05, 0) is 22.9 Å². The van der Waals surface area contributed by atoms with Crippen LogP contribution in [0.3, 0.4) is 0 Å². The third-order valence-corrected chi connectivity index (χ3v) is 3.70. The third kappa shape index (κ3) is 2.33. The van der Waals surface area contributed by atoms with E-state index in [0.29, 0.717) is 5.69 Å². The second-order valence-corrected chi connectivity index (χ2v) is 5.41. The van der Waals surface area contributed by atoms with Gasteiger partial charge in [0, 0.05) is 19.3 Å². The lowest BCUT2D eigenvalue weighted by molar-refractivity contribution is 0.194. The smallest absolute Gasteiger partial charge is 0.146 e. The number of aliphatic hydroxyl groups excluding tert-OH is 1. The average Bonchev–Trinajstić information content (AvgIpc) is 2.79. The highest BCUT2D eigenvalue weighted by Gasteiger charge is 2.31. The highest BCUT2D eigenvalue weighted by atomic mass is 79.9. The molecular formula is C11H13BrN6O. The molecule has 1 aliphatic heterocycles. The SMILES string of the molecule is CC(O)c1cn(C2CN(c3ncncc3Br)C2)nn1. The van der Waals surface area contributed by atoms with Crippen molar-refractivity contribution in [1.29, 1.82) is 0 Å². The van der Waals surface area contributed by atoms with Gasteiger partial charge < -0.3 is 10.0 Å².